The van der Waals surface area contributed by atoms with Gasteiger partial charge in [0, 0.05) is 0 Å². The van der Waals surface area contributed by atoms with Gasteiger partial charge in [-0.05, 0) is 66.6 Å². The fraction of sp³-hybridized carbons (Fsp3) is 0.250. The van der Waals surface area contributed by atoms with Gasteiger partial charge in [0.25, 0.3) is 0 Å². The van der Waals surface area contributed by atoms with Crippen molar-refractivity contribution in [2.24, 2.45) is 0 Å². The van der Waals surface area contributed by atoms with Crippen molar-refractivity contribution in [3.05, 3.63) is 94.5 Å². The molecule has 3 aromatic rings. The molecule has 0 amide bonds. The van der Waals surface area contributed by atoms with Gasteiger partial charge in [-0.3, -0.25) is 0 Å². The molecule has 0 aromatic heterocycles. The zero-order valence-electron chi connectivity index (χ0n) is 15.8. The van der Waals surface area contributed by atoms with Crippen LogP contribution in [0.4, 0.5) is 0 Å². The first-order valence-corrected chi connectivity index (χ1v) is 9.06. The van der Waals surface area contributed by atoms with E-state index >= 15 is 0 Å². The van der Waals surface area contributed by atoms with Crippen molar-refractivity contribution in [3.8, 4) is 11.5 Å². The summed E-state index contributed by atoms with van der Waals surface area (Å²) in [7, 11) is 1.69. The zero-order valence-corrected chi connectivity index (χ0v) is 15.8. The van der Waals surface area contributed by atoms with Crippen molar-refractivity contribution in [2.45, 2.75) is 33.3 Å². The second-order valence-corrected chi connectivity index (χ2v) is 6.62. The van der Waals surface area contributed by atoms with Crippen molar-refractivity contribution in [1.82, 2.24) is 0 Å². The molecule has 0 bridgehead atoms. The third-order valence-corrected chi connectivity index (χ3v) is 4.87. The first-order chi connectivity index (χ1) is 12.7. The highest BCUT2D eigenvalue weighted by atomic mass is 16.5. The standard InChI is InChI=1S/C24H26O2/c1-18-8-7-11-22(19(18)2)14-12-20-13-15-23(24(16-20)25-3)26-17-21-9-5-4-6-10-21/h4-11,13,15-16H,12,14,17H2,1-3H3. The second kappa shape index (κ2) is 8.57. The summed E-state index contributed by atoms with van der Waals surface area (Å²) in [4.78, 5) is 0. The number of hydrogen-bond acceptors (Lipinski definition) is 2. The van der Waals surface area contributed by atoms with E-state index in [2.05, 4.69) is 56.3 Å². The second-order valence-electron chi connectivity index (χ2n) is 6.62. The van der Waals surface area contributed by atoms with Crippen LogP contribution in [0.15, 0.2) is 66.7 Å². The first kappa shape index (κ1) is 18.1. The van der Waals surface area contributed by atoms with Crippen molar-refractivity contribution in [2.75, 3.05) is 7.11 Å². The predicted molar refractivity (Wildman–Crippen MR) is 107 cm³/mol. The van der Waals surface area contributed by atoms with Crippen molar-refractivity contribution >= 4 is 0 Å². The van der Waals surface area contributed by atoms with E-state index in [9.17, 15) is 0 Å². The fourth-order valence-corrected chi connectivity index (χ4v) is 3.08. The molecule has 0 spiro atoms. The Morgan fingerprint density at radius 3 is 2.31 bits per heavy atom. The molecule has 0 unspecified atom stereocenters. The van der Waals surface area contributed by atoms with Gasteiger partial charge in [-0.2, -0.15) is 0 Å². The largest absolute Gasteiger partial charge is 0.493 e. The molecule has 0 atom stereocenters. The molecule has 0 N–H and O–H groups in total. The van der Waals surface area contributed by atoms with Gasteiger partial charge in [0.15, 0.2) is 11.5 Å². The molecule has 0 saturated heterocycles. The van der Waals surface area contributed by atoms with Gasteiger partial charge in [-0.25, -0.2) is 0 Å². The van der Waals surface area contributed by atoms with E-state index < -0.39 is 0 Å². The van der Waals surface area contributed by atoms with E-state index in [1.807, 2.05) is 24.3 Å². The maximum Gasteiger partial charge on any atom is 0.161 e. The summed E-state index contributed by atoms with van der Waals surface area (Å²) < 4.78 is 11.5. The number of methoxy groups -OCH3 is 1. The van der Waals surface area contributed by atoms with Gasteiger partial charge >= 0.3 is 0 Å². The van der Waals surface area contributed by atoms with E-state index in [1.54, 1.807) is 7.11 Å². The van der Waals surface area contributed by atoms with E-state index in [-0.39, 0.29) is 0 Å². The molecule has 3 aromatic carbocycles. The smallest absolute Gasteiger partial charge is 0.161 e. The Morgan fingerprint density at radius 2 is 1.54 bits per heavy atom. The first-order valence-electron chi connectivity index (χ1n) is 9.06. The normalized spacial score (nSPS) is 10.6. The summed E-state index contributed by atoms with van der Waals surface area (Å²) in [5.74, 6) is 1.58. The Hall–Kier alpha value is -2.74. The highest BCUT2D eigenvalue weighted by Crippen LogP contribution is 2.29. The Labute approximate surface area is 156 Å². The van der Waals surface area contributed by atoms with Crippen molar-refractivity contribution in [1.29, 1.82) is 0 Å². The minimum absolute atomic E-state index is 0.541. The SMILES string of the molecule is COc1cc(CCc2cccc(C)c2C)ccc1OCc1ccccc1. The average molecular weight is 346 g/mol. The van der Waals surface area contributed by atoms with E-state index in [0.29, 0.717) is 6.61 Å². The number of ether oxygens (including phenoxy) is 2. The fourth-order valence-electron chi connectivity index (χ4n) is 3.08. The van der Waals surface area contributed by atoms with E-state index in [1.165, 1.54) is 22.3 Å². The van der Waals surface area contributed by atoms with Gasteiger partial charge in [0.1, 0.15) is 6.61 Å². The lowest BCUT2D eigenvalue weighted by molar-refractivity contribution is 0.284. The van der Waals surface area contributed by atoms with Crippen LogP contribution in [-0.2, 0) is 19.4 Å². The quantitative estimate of drug-likeness (QED) is 0.548. The minimum atomic E-state index is 0.541. The highest BCUT2D eigenvalue weighted by Gasteiger charge is 2.08. The summed E-state index contributed by atoms with van der Waals surface area (Å²) in [6, 6.07) is 22.9. The van der Waals surface area contributed by atoms with Crippen LogP contribution in [0.25, 0.3) is 0 Å². The zero-order chi connectivity index (χ0) is 18.4. The molecule has 2 nitrogen and oxygen atoms in total. The molecule has 0 radical (unpaired) electrons. The molecule has 0 saturated carbocycles. The molecule has 134 valence electrons. The van der Waals surface area contributed by atoms with Gasteiger partial charge < -0.3 is 9.47 Å². The van der Waals surface area contributed by atoms with Crippen LogP contribution in [-0.4, -0.2) is 7.11 Å². The Kier molecular flexibility index (Phi) is 5.96. The summed E-state index contributed by atoms with van der Waals surface area (Å²) in [5.41, 5.74) is 6.56. The van der Waals surface area contributed by atoms with Crippen LogP contribution in [0.3, 0.4) is 0 Å². The number of aryl methyl sites for hydroxylation is 3. The van der Waals surface area contributed by atoms with Gasteiger partial charge in [0.2, 0.25) is 0 Å². The Bertz CT molecular complexity index is 853. The van der Waals surface area contributed by atoms with Gasteiger partial charge in [-0.1, -0.05) is 54.6 Å². The van der Waals surface area contributed by atoms with E-state index in [4.69, 9.17) is 9.47 Å². The molecule has 0 aliphatic carbocycles. The molecular weight excluding hydrogens is 320 g/mol. The maximum absolute atomic E-state index is 5.94. The molecule has 0 aliphatic heterocycles. The van der Waals surface area contributed by atoms with Crippen LogP contribution in [0.1, 0.15) is 27.8 Å². The van der Waals surface area contributed by atoms with Crippen LogP contribution < -0.4 is 9.47 Å². The Morgan fingerprint density at radius 1 is 0.731 bits per heavy atom. The van der Waals surface area contributed by atoms with E-state index in [0.717, 1.165) is 29.9 Å². The summed E-state index contributed by atoms with van der Waals surface area (Å²) in [6.45, 7) is 4.91. The molecule has 0 heterocycles. The molecule has 2 heteroatoms. The minimum Gasteiger partial charge on any atom is -0.493 e. The molecule has 3 rings (SSSR count). The van der Waals surface area contributed by atoms with Crippen molar-refractivity contribution < 1.29 is 9.47 Å². The average Bonchev–Trinajstić information content (AvgIpc) is 2.68. The lowest BCUT2D eigenvalue weighted by Gasteiger charge is -2.13. The summed E-state index contributed by atoms with van der Waals surface area (Å²) >= 11 is 0. The molecular formula is C24H26O2. The van der Waals surface area contributed by atoms with Gasteiger partial charge in [-0.15, -0.1) is 0 Å². The third-order valence-electron chi connectivity index (χ3n) is 4.87. The summed E-state index contributed by atoms with van der Waals surface area (Å²) in [6.07, 6.45) is 2.01. The van der Waals surface area contributed by atoms with Crippen LogP contribution in [0.2, 0.25) is 0 Å². The lowest BCUT2D eigenvalue weighted by Crippen LogP contribution is -2.00. The maximum atomic E-state index is 5.94. The molecule has 0 aliphatic rings. The molecule has 26 heavy (non-hydrogen) atoms. The third kappa shape index (κ3) is 4.45. The number of benzene rings is 3. The van der Waals surface area contributed by atoms with Crippen LogP contribution >= 0.6 is 0 Å². The monoisotopic (exact) mass is 346 g/mol. The molecule has 0 fully saturated rings. The topological polar surface area (TPSA) is 18.5 Å². The summed E-state index contributed by atoms with van der Waals surface area (Å²) in [5, 5.41) is 0. The lowest BCUT2D eigenvalue weighted by atomic mass is 9.97. The van der Waals surface area contributed by atoms with Crippen molar-refractivity contribution in [3.63, 3.8) is 0 Å². The Balaban J connectivity index is 1.67. The van der Waals surface area contributed by atoms with Gasteiger partial charge in [0.05, 0.1) is 7.11 Å². The number of rotatable bonds is 7. The highest BCUT2D eigenvalue weighted by molar-refractivity contribution is 5.43. The van der Waals surface area contributed by atoms with Crippen LogP contribution in [0.5, 0.6) is 11.5 Å². The van der Waals surface area contributed by atoms with Crippen LogP contribution in [0, 0.1) is 13.8 Å². The predicted octanol–water partition coefficient (Wildman–Crippen LogP) is 5.68. The number of hydrogen-bond donors (Lipinski definition) is 0.